The fourth-order valence-electron chi connectivity index (χ4n) is 3.56. The Bertz CT molecular complexity index is 837. The molecule has 3 heterocycles. The van der Waals surface area contributed by atoms with E-state index in [2.05, 4.69) is 65.0 Å². The molecule has 4 rings (SSSR count). The minimum atomic E-state index is 0.783. The Labute approximate surface area is 153 Å². The molecule has 1 aliphatic heterocycles. The number of hydrogen-bond donors (Lipinski definition) is 1. The van der Waals surface area contributed by atoms with E-state index in [4.69, 9.17) is 0 Å². The highest BCUT2D eigenvalue weighted by molar-refractivity contribution is 5.82. The topological polar surface area (TPSA) is 62.1 Å². The summed E-state index contributed by atoms with van der Waals surface area (Å²) >= 11 is 0. The molecule has 0 bridgehead atoms. The highest BCUT2D eigenvalue weighted by atomic mass is 15.3. The van der Waals surface area contributed by atoms with Crippen LogP contribution in [-0.2, 0) is 6.54 Å². The van der Waals surface area contributed by atoms with Gasteiger partial charge in [-0.25, -0.2) is 15.0 Å². The Morgan fingerprint density at radius 3 is 2.54 bits per heavy atom. The van der Waals surface area contributed by atoms with Crippen LogP contribution >= 0.6 is 0 Å². The molecule has 0 atom stereocenters. The summed E-state index contributed by atoms with van der Waals surface area (Å²) in [4.78, 5) is 18.1. The molecule has 2 aromatic heterocycles. The van der Waals surface area contributed by atoms with Crippen LogP contribution in [-0.4, -0.2) is 64.2 Å². The van der Waals surface area contributed by atoms with E-state index in [1.807, 2.05) is 13.4 Å². The highest BCUT2D eigenvalue weighted by Gasteiger charge is 2.17. The zero-order valence-electron chi connectivity index (χ0n) is 15.2. The van der Waals surface area contributed by atoms with E-state index in [1.165, 1.54) is 5.69 Å². The van der Waals surface area contributed by atoms with E-state index in [1.54, 1.807) is 6.33 Å². The van der Waals surface area contributed by atoms with Gasteiger partial charge in [0, 0.05) is 45.5 Å². The van der Waals surface area contributed by atoms with Gasteiger partial charge in [0.1, 0.15) is 11.8 Å². The van der Waals surface area contributed by atoms with Crippen molar-refractivity contribution in [3.05, 3.63) is 43.0 Å². The Hall–Kier alpha value is -2.67. The van der Waals surface area contributed by atoms with Gasteiger partial charge in [-0.1, -0.05) is 18.2 Å². The summed E-state index contributed by atoms with van der Waals surface area (Å²) in [6.07, 6.45) is 4.55. The number of fused-ring (bicyclic) bond motifs is 1. The third kappa shape index (κ3) is 3.48. The molecule has 0 saturated carbocycles. The predicted octanol–water partition coefficient (Wildman–Crippen LogP) is 2.08. The van der Waals surface area contributed by atoms with E-state index < -0.39 is 0 Å². The van der Waals surface area contributed by atoms with Crippen LogP contribution in [0, 0.1) is 0 Å². The lowest BCUT2D eigenvalue weighted by atomic mass is 10.2. The number of rotatable bonds is 6. The molecule has 1 saturated heterocycles. The maximum Gasteiger partial charge on any atom is 0.165 e. The second kappa shape index (κ2) is 7.70. The smallest absolute Gasteiger partial charge is 0.165 e. The Morgan fingerprint density at radius 1 is 0.962 bits per heavy atom. The average molecular weight is 351 g/mol. The number of nitrogens with one attached hydrogen (secondary N) is 1. The number of anilines is 2. The third-order valence-corrected chi connectivity index (χ3v) is 5.01. The van der Waals surface area contributed by atoms with Crippen molar-refractivity contribution in [2.75, 3.05) is 50.0 Å². The average Bonchev–Trinajstić information content (AvgIpc) is 3.12. The van der Waals surface area contributed by atoms with Gasteiger partial charge >= 0.3 is 0 Å². The van der Waals surface area contributed by atoms with Crippen LogP contribution in [0.5, 0.6) is 0 Å². The van der Waals surface area contributed by atoms with Crippen molar-refractivity contribution in [2.24, 2.45) is 0 Å². The quantitative estimate of drug-likeness (QED) is 0.734. The number of aromatic nitrogens is 4. The van der Waals surface area contributed by atoms with Gasteiger partial charge in [0.25, 0.3) is 0 Å². The van der Waals surface area contributed by atoms with E-state index in [0.717, 1.165) is 62.7 Å². The van der Waals surface area contributed by atoms with Gasteiger partial charge in [0.05, 0.1) is 6.33 Å². The molecule has 0 amide bonds. The van der Waals surface area contributed by atoms with Crippen LogP contribution in [0.2, 0.25) is 0 Å². The second-order valence-corrected chi connectivity index (χ2v) is 6.60. The maximum absolute atomic E-state index is 4.45. The predicted molar refractivity (Wildman–Crippen MR) is 105 cm³/mol. The number of imidazole rings is 1. The standard InChI is InChI=1S/C19H25N7/c1-20-18-17-19(22-14-21-18)26(15-23-17)9-5-8-24-10-12-25(13-11-24)16-6-3-2-4-7-16/h2-4,6-7,14-15H,5,8-13H2,1H3,(H,20,21,22). The van der Waals surface area contributed by atoms with Crippen LogP contribution in [0.15, 0.2) is 43.0 Å². The lowest BCUT2D eigenvalue weighted by Crippen LogP contribution is -2.46. The second-order valence-electron chi connectivity index (χ2n) is 6.60. The first kappa shape index (κ1) is 16.8. The Kier molecular flexibility index (Phi) is 4.97. The Morgan fingerprint density at radius 2 is 1.77 bits per heavy atom. The molecule has 0 spiro atoms. The molecule has 1 aliphatic rings. The largest absolute Gasteiger partial charge is 0.371 e. The van der Waals surface area contributed by atoms with Gasteiger partial charge in [-0.2, -0.15) is 0 Å². The van der Waals surface area contributed by atoms with Gasteiger partial charge in [-0.05, 0) is 25.1 Å². The first-order valence-electron chi connectivity index (χ1n) is 9.21. The first-order valence-corrected chi connectivity index (χ1v) is 9.21. The van der Waals surface area contributed by atoms with Crippen LogP contribution in [0.4, 0.5) is 11.5 Å². The van der Waals surface area contributed by atoms with E-state index in [0.29, 0.717) is 0 Å². The molecule has 7 nitrogen and oxygen atoms in total. The van der Waals surface area contributed by atoms with Crippen LogP contribution in [0.1, 0.15) is 6.42 Å². The molecule has 1 N–H and O–H groups in total. The fraction of sp³-hybridized carbons (Fsp3) is 0.421. The normalized spacial score (nSPS) is 15.5. The van der Waals surface area contributed by atoms with Gasteiger partial charge in [-0.3, -0.25) is 4.90 Å². The molecule has 7 heteroatoms. The van der Waals surface area contributed by atoms with Crippen LogP contribution in [0.25, 0.3) is 11.2 Å². The zero-order chi connectivity index (χ0) is 17.8. The molecule has 0 radical (unpaired) electrons. The van der Waals surface area contributed by atoms with Crippen molar-refractivity contribution in [1.82, 2.24) is 24.4 Å². The molecule has 3 aromatic rings. The first-order chi connectivity index (χ1) is 12.8. The van der Waals surface area contributed by atoms with Gasteiger partial charge in [0.15, 0.2) is 11.5 Å². The highest BCUT2D eigenvalue weighted by Crippen LogP contribution is 2.18. The molecule has 26 heavy (non-hydrogen) atoms. The maximum atomic E-state index is 4.45. The number of piperazine rings is 1. The summed E-state index contributed by atoms with van der Waals surface area (Å²) < 4.78 is 2.12. The molecule has 136 valence electrons. The van der Waals surface area contributed by atoms with Gasteiger partial charge in [-0.15, -0.1) is 0 Å². The van der Waals surface area contributed by atoms with E-state index in [-0.39, 0.29) is 0 Å². The molecule has 1 aromatic carbocycles. The lowest BCUT2D eigenvalue weighted by Gasteiger charge is -2.36. The summed E-state index contributed by atoms with van der Waals surface area (Å²) in [6.45, 7) is 6.45. The van der Waals surface area contributed by atoms with Gasteiger partial charge < -0.3 is 14.8 Å². The van der Waals surface area contributed by atoms with Crippen LogP contribution in [0.3, 0.4) is 0 Å². The minimum absolute atomic E-state index is 0.783. The van der Waals surface area contributed by atoms with Gasteiger partial charge in [0.2, 0.25) is 0 Å². The summed E-state index contributed by atoms with van der Waals surface area (Å²) in [5.41, 5.74) is 3.07. The minimum Gasteiger partial charge on any atom is -0.371 e. The summed E-state index contributed by atoms with van der Waals surface area (Å²) in [5.74, 6) is 0.783. The van der Waals surface area contributed by atoms with Crippen LogP contribution < -0.4 is 10.2 Å². The molecule has 0 unspecified atom stereocenters. The SMILES string of the molecule is CNc1ncnc2c1ncn2CCCN1CCN(c2ccccc2)CC1. The number of nitrogens with zero attached hydrogens (tertiary/aromatic N) is 6. The van der Waals surface area contributed by atoms with Crippen molar-refractivity contribution in [3.63, 3.8) is 0 Å². The number of aryl methyl sites for hydroxylation is 1. The zero-order valence-corrected chi connectivity index (χ0v) is 15.2. The van der Waals surface area contributed by atoms with E-state index in [9.17, 15) is 0 Å². The molecule has 0 aliphatic carbocycles. The van der Waals surface area contributed by atoms with Crippen molar-refractivity contribution >= 4 is 22.7 Å². The van der Waals surface area contributed by atoms with Crippen molar-refractivity contribution in [3.8, 4) is 0 Å². The number of hydrogen-bond acceptors (Lipinski definition) is 6. The molecular weight excluding hydrogens is 326 g/mol. The third-order valence-electron chi connectivity index (χ3n) is 5.01. The summed E-state index contributed by atoms with van der Waals surface area (Å²) in [7, 11) is 1.86. The lowest BCUT2D eigenvalue weighted by molar-refractivity contribution is 0.251. The number of benzene rings is 1. The summed E-state index contributed by atoms with van der Waals surface area (Å²) in [5, 5.41) is 3.07. The van der Waals surface area contributed by atoms with Crippen molar-refractivity contribution < 1.29 is 0 Å². The molecule has 1 fully saturated rings. The summed E-state index contributed by atoms with van der Waals surface area (Å²) in [6, 6.07) is 10.7. The molecular formula is C19H25N7. The fourth-order valence-corrected chi connectivity index (χ4v) is 3.56. The van der Waals surface area contributed by atoms with Crippen molar-refractivity contribution in [2.45, 2.75) is 13.0 Å². The van der Waals surface area contributed by atoms with E-state index >= 15 is 0 Å². The monoisotopic (exact) mass is 351 g/mol. The Balaban J connectivity index is 1.28. The van der Waals surface area contributed by atoms with Crippen molar-refractivity contribution in [1.29, 1.82) is 0 Å². The number of para-hydroxylation sites is 1.